The summed E-state index contributed by atoms with van der Waals surface area (Å²) in [7, 11) is 0. The van der Waals surface area contributed by atoms with Crippen LogP contribution in [0.4, 0.5) is 0 Å². The van der Waals surface area contributed by atoms with Crippen molar-refractivity contribution in [1.29, 1.82) is 0 Å². The van der Waals surface area contributed by atoms with Gasteiger partial charge in [0.05, 0.1) is 0 Å². The zero-order valence-corrected chi connectivity index (χ0v) is 19.4. The van der Waals surface area contributed by atoms with Crippen LogP contribution in [0.15, 0.2) is 48.5 Å². The van der Waals surface area contributed by atoms with E-state index in [-0.39, 0.29) is 17.4 Å². The van der Waals surface area contributed by atoms with E-state index in [0.29, 0.717) is 30.8 Å². The lowest BCUT2D eigenvalue weighted by molar-refractivity contribution is -0.142. The average molecular weight is 429 g/mol. The number of hydrogen-bond donors (Lipinski definition) is 1. The third-order valence-electron chi connectivity index (χ3n) is 4.93. The van der Waals surface area contributed by atoms with Crippen LogP contribution < -0.4 is 5.32 Å². The lowest BCUT2D eigenvalue weighted by Crippen LogP contribution is -2.53. The standard InChI is InChI=1S/C25H33ClN2O2/c1-6-22(24(30)27-25(3,4)5)28(17-20-9-7-8-10-21(20)26)23(29)16-15-19-13-11-18(2)12-14-19/h7-14,22H,6,15-17H2,1-5H3,(H,27,30)/t22-/m0/s1. The average Bonchev–Trinajstić information content (AvgIpc) is 2.67. The minimum absolute atomic E-state index is 0.0496. The first kappa shape index (κ1) is 23.9. The van der Waals surface area contributed by atoms with E-state index in [2.05, 4.69) is 5.32 Å². The predicted octanol–water partition coefficient (Wildman–Crippen LogP) is 5.30. The molecular weight excluding hydrogens is 396 g/mol. The fourth-order valence-electron chi connectivity index (χ4n) is 3.33. The molecule has 0 unspecified atom stereocenters. The van der Waals surface area contributed by atoms with E-state index in [4.69, 9.17) is 11.6 Å². The van der Waals surface area contributed by atoms with Gasteiger partial charge in [-0.15, -0.1) is 0 Å². The molecule has 0 radical (unpaired) electrons. The SMILES string of the molecule is CC[C@@H](C(=O)NC(C)(C)C)N(Cc1ccccc1Cl)C(=O)CCc1ccc(C)cc1. The Balaban J connectivity index is 2.24. The van der Waals surface area contributed by atoms with Gasteiger partial charge in [0, 0.05) is 23.5 Å². The first-order valence-corrected chi connectivity index (χ1v) is 10.9. The van der Waals surface area contributed by atoms with E-state index >= 15 is 0 Å². The van der Waals surface area contributed by atoms with E-state index in [1.165, 1.54) is 5.56 Å². The highest BCUT2D eigenvalue weighted by Gasteiger charge is 2.30. The third-order valence-corrected chi connectivity index (χ3v) is 5.30. The van der Waals surface area contributed by atoms with E-state index in [1.807, 2.05) is 83.1 Å². The molecule has 2 aromatic carbocycles. The van der Waals surface area contributed by atoms with Crippen molar-refractivity contribution in [2.24, 2.45) is 0 Å². The molecule has 30 heavy (non-hydrogen) atoms. The van der Waals surface area contributed by atoms with Crippen molar-refractivity contribution in [1.82, 2.24) is 10.2 Å². The summed E-state index contributed by atoms with van der Waals surface area (Å²) in [6.07, 6.45) is 1.50. The van der Waals surface area contributed by atoms with Gasteiger partial charge >= 0.3 is 0 Å². The van der Waals surface area contributed by atoms with Crippen LogP contribution in [0.3, 0.4) is 0 Å². The van der Waals surface area contributed by atoms with Gasteiger partial charge in [-0.25, -0.2) is 0 Å². The molecule has 0 aliphatic carbocycles. The Morgan fingerprint density at radius 1 is 1.07 bits per heavy atom. The molecule has 2 amide bonds. The molecule has 0 aliphatic rings. The van der Waals surface area contributed by atoms with Gasteiger partial charge in [0.15, 0.2) is 0 Å². The van der Waals surface area contributed by atoms with Gasteiger partial charge < -0.3 is 10.2 Å². The highest BCUT2D eigenvalue weighted by Crippen LogP contribution is 2.21. The second kappa shape index (κ2) is 10.6. The number of benzene rings is 2. The summed E-state index contributed by atoms with van der Waals surface area (Å²) in [5, 5.41) is 3.62. The molecule has 2 aromatic rings. The molecule has 0 fully saturated rings. The van der Waals surface area contributed by atoms with Gasteiger partial charge in [-0.05, 0) is 57.7 Å². The molecule has 0 saturated heterocycles. The second-order valence-electron chi connectivity index (χ2n) is 8.76. The Hall–Kier alpha value is -2.33. The number of carbonyl (C=O) groups excluding carboxylic acids is 2. The summed E-state index contributed by atoms with van der Waals surface area (Å²) in [5.74, 6) is -0.188. The number of halogens is 1. The topological polar surface area (TPSA) is 49.4 Å². The molecule has 5 heteroatoms. The first-order valence-electron chi connectivity index (χ1n) is 10.5. The fraction of sp³-hybridized carbons (Fsp3) is 0.440. The molecule has 162 valence electrons. The van der Waals surface area contributed by atoms with Gasteiger partial charge in [-0.2, -0.15) is 0 Å². The van der Waals surface area contributed by atoms with Crippen molar-refractivity contribution < 1.29 is 9.59 Å². The molecule has 0 aliphatic heterocycles. The monoisotopic (exact) mass is 428 g/mol. The van der Waals surface area contributed by atoms with Crippen molar-refractivity contribution in [3.05, 3.63) is 70.2 Å². The smallest absolute Gasteiger partial charge is 0.243 e. The van der Waals surface area contributed by atoms with Gasteiger partial charge in [-0.3, -0.25) is 9.59 Å². The molecule has 0 spiro atoms. The van der Waals surface area contributed by atoms with Crippen LogP contribution in [-0.4, -0.2) is 28.3 Å². The minimum atomic E-state index is -0.550. The molecular formula is C25H33ClN2O2. The lowest BCUT2D eigenvalue weighted by Gasteiger charge is -2.33. The van der Waals surface area contributed by atoms with Crippen LogP contribution in [0, 0.1) is 6.92 Å². The Kier molecular flexibility index (Phi) is 8.48. The lowest BCUT2D eigenvalue weighted by atomic mass is 10.0. The minimum Gasteiger partial charge on any atom is -0.350 e. The normalized spacial score (nSPS) is 12.3. The van der Waals surface area contributed by atoms with Gasteiger partial charge in [0.2, 0.25) is 11.8 Å². The Labute approximate surface area is 185 Å². The molecule has 1 atom stereocenters. The number of amides is 2. The van der Waals surface area contributed by atoms with Gasteiger partial charge in [0.1, 0.15) is 6.04 Å². The Morgan fingerprint density at radius 2 is 1.70 bits per heavy atom. The van der Waals surface area contributed by atoms with Crippen LogP contribution in [0.25, 0.3) is 0 Å². The van der Waals surface area contributed by atoms with Crippen LogP contribution >= 0.6 is 11.6 Å². The van der Waals surface area contributed by atoms with E-state index < -0.39 is 6.04 Å². The van der Waals surface area contributed by atoms with Crippen molar-refractivity contribution in [2.75, 3.05) is 0 Å². The first-order chi connectivity index (χ1) is 14.1. The largest absolute Gasteiger partial charge is 0.350 e. The number of carbonyl (C=O) groups is 2. The van der Waals surface area contributed by atoms with E-state index in [9.17, 15) is 9.59 Å². The molecule has 0 saturated carbocycles. The molecule has 4 nitrogen and oxygen atoms in total. The van der Waals surface area contributed by atoms with E-state index in [1.54, 1.807) is 4.90 Å². The molecule has 1 N–H and O–H groups in total. The maximum absolute atomic E-state index is 13.3. The van der Waals surface area contributed by atoms with Crippen LogP contribution in [0.1, 0.15) is 57.2 Å². The summed E-state index contributed by atoms with van der Waals surface area (Å²) in [4.78, 5) is 27.9. The van der Waals surface area contributed by atoms with Gasteiger partial charge in [-0.1, -0.05) is 66.6 Å². The summed E-state index contributed by atoms with van der Waals surface area (Å²) < 4.78 is 0. The summed E-state index contributed by atoms with van der Waals surface area (Å²) in [5.41, 5.74) is 2.77. The summed E-state index contributed by atoms with van der Waals surface area (Å²) >= 11 is 6.36. The number of rotatable bonds is 8. The molecule has 0 aromatic heterocycles. The third kappa shape index (κ3) is 7.17. The van der Waals surface area contributed by atoms with Crippen molar-refractivity contribution in [3.8, 4) is 0 Å². The molecule has 2 rings (SSSR count). The van der Waals surface area contributed by atoms with Crippen molar-refractivity contribution >= 4 is 23.4 Å². The summed E-state index contributed by atoms with van der Waals surface area (Å²) in [6, 6.07) is 15.1. The van der Waals surface area contributed by atoms with Crippen LogP contribution in [-0.2, 0) is 22.6 Å². The van der Waals surface area contributed by atoms with Crippen molar-refractivity contribution in [3.63, 3.8) is 0 Å². The molecule has 0 bridgehead atoms. The quantitative estimate of drug-likeness (QED) is 0.619. The highest BCUT2D eigenvalue weighted by molar-refractivity contribution is 6.31. The second-order valence-corrected chi connectivity index (χ2v) is 9.17. The highest BCUT2D eigenvalue weighted by atomic mass is 35.5. The maximum Gasteiger partial charge on any atom is 0.243 e. The predicted molar refractivity (Wildman–Crippen MR) is 123 cm³/mol. The van der Waals surface area contributed by atoms with Crippen LogP contribution in [0.5, 0.6) is 0 Å². The number of nitrogens with zero attached hydrogens (tertiary/aromatic N) is 1. The number of aryl methyl sites for hydroxylation is 2. The van der Waals surface area contributed by atoms with E-state index in [0.717, 1.165) is 11.1 Å². The molecule has 0 heterocycles. The Bertz CT molecular complexity index is 856. The van der Waals surface area contributed by atoms with Gasteiger partial charge in [0.25, 0.3) is 0 Å². The number of hydrogen-bond acceptors (Lipinski definition) is 2. The zero-order valence-electron chi connectivity index (χ0n) is 18.7. The fourth-order valence-corrected chi connectivity index (χ4v) is 3.53. The zero-order chi connectivity index (χ0) is 22.3. The van der Waals surface area contributed by atoms with Crippen LogP contribution in [0.2, 0.25) is 5.02 Å². The summed E-state index contributed by atoms with van der Waals surface area (Å²) in [6.45, 7) is 10.1. The maximum atomic E-state index is 13.3. The number of nitrogens with one attached hydrogen (secondary N) is 1. The Morgan fingerprint density at radius 3 is 2.27 bits per heavy atom. The van der Waals surface area contributed by atoms with Crippen molar-refractivity contribution in [2.45, 2.75) is 72.0 Å².